The fourth-order valence-corrected chi connectivity index (χ4v) is 0. The van der Waals surface area contributed by atoms with E-state index in [-0.39, 0.29) is 6.15 Å². The smallest absolute Gasteiger partial charge is 0.309 e. The summed E-state index contributed by atoms with van der Waals surface area (Å²) < 4.78 is 0. The van der Waals surface area contributed by atoms with Crippen molar-refractivity contribution < 1.29 is 15.3 Å². The minimum absolute atomic E-state index is 0. The molecule has 0 heterocycles. The van der Waals surface area contributed by atoms with Crippen LogP contribution in [0.4, 0.5) is 4.79 Å². The molecule has 6 heteroatoms. The van der Waals surface area contributed by atoms with E-state index in [0.717, 1.165) is 0 Å². The van der Waals surface area contributed by atoms with Crippen LogP contribution >= 0.6 is 0 Å². The zero-order valence-electron chi connectivity index (χ0n) is 3.66. The Hall–Kier alpha value is -0.850. The quantitative estimate of drug-likeness (QED) is 0.206. The van der Waals surface area contributed by atoms with E-state index in [1.54, 1.807) is 0 Å². The van der Waals surface area contributed by atoms with Crippen LogP contribution in [-0.4, -0.2) is 16.5 Å². The van der Waals surface area contributed by atoms with Gasteiger partial charge < -0.3 is 17.6 Å². The fourth-order valence-electron chi connectivity index (χ4n) is 0. The summed E-state index contributed by atoms with van der Waals surface area (Å²) in [6.07, 6.45) is 0. The lowest BCUT2D eigenvalue weighted by atomic mass is 11.2. The summed E-state index contributed by atoms with van der Waals surface area (Å²) in [7, 11) is 0. The van der Waals surface area contributed by atoms with Crippen LogP contribution in [0.1, 0.15) is 0 Å². The number of nitrogens with two attached hydrogens (primary N) is 2. The van der Waals surface area contributed by atoms with Crippen molar-refractivity contribution in [2.75, 3.05) is 0 Å². The minimum Gasteiger partial charge on any atom is -0.352 e. The molecule has 9 N–H and O–H groups in total. The number of amides is 2. The predicted octanol–water partition coefficient (Wildman–Crippen LogP) is -0.797. The van der Waals surface area contributed by atoms with Gasteiger partial charge in [-0.05, 0) is 0 Å². The molecule has 0 aromatic carbocycles. The van der Waals surface area contributed by atoms with E-state index in [2.05, 4.69) is 11.5 Å². The van der Waals surface area contributed by atoms with Crippen molar-refractivity contribution in [1.82, 2.24) is 6.15 Å². The monoisotopic (exact) mass is 111 g/mol. The number of carbonyl (C=O) groups is 1. The molecular formula is CH9N3O3. The molecule has 0 atom stereocenters. The van der Waals surface area contributed by atoms with Gasteiger partial charge in [-0.15, -0.1) is 0 Å². The topological polar surface area (TPSA) is 145 Å². The first kappa shape index (κ1) is 16.4. The molecule has 0 unspecified atom stereocenters. The van der Waals surface area contributed by atoms with Gasteiger partial charge in [0.25, 0.3) is 0 Å². The Labute approximate surface area is 40.2 Å². The maximum absolute atomic E-state index is 9.00. The standard InChI is InChI=1S/CH4N2O.H3N.H2O2/c2-1(3)4;;1-2/h(H4,2,3,4);1H3;1-2H. The van der Waals surface area contributed by atoms with Crippen molar-refractivity contribution >= 4 is 6.03 Å². The molecule has 7 heavy (non-hydrogen) atoms. The third-order valence-electron chi connectivity index (χ3n) is 0. The lowest BCUT2D eigenvalue weighted by Crippen LogP contribution is -2.18. The van der Waals surface area contributed by atoms with E-state index < -0.39 is 6.03 Å². The van der Waals surface area contributed by atoms with Crippen LogP contribution in [0.5, 0.6) is 0 Å². The van der Waals surface area contributed by atoms with Gasteiger partial charge >= 0.3 is 6.03 Å². The molecule has 0 radical (unpaired) electrons. The number of urea groups is 1. The molecule has 0 bridgehead atoms. The largest absolute Gasteiger partial charge is 0.352 e. The highest BCUT2D eigenvalue weighted by Gasteiger charge is 1.60. The molecule has 6 nitrogen and oxygen atoms in total. The Balaban J connectivity index is -0.0000000480. The zero-order valence-corrected chi connectivity index (χ0v) is 3.66. The van der Waals surface area contributed by atoms with E-state index in [1.807, 2.05) is 0 Å². The molecule has 0 rings (SSSR count). The van der Waals surface area contributed by atoms with Crippen molar-refractivity contribution in [1.29, 1.82) is 0 Å². The molecule has 2 amide bonds. The Kier molecular flexibility index (Phi) is 45.1. The fraction of sp³-hybridized carbons (Fsp3) is 0. The molecule has 0 aliphatic heterocycles. The van der Waals surface area contributed by atoms with Crippen LogP contribution in [0.25, 0.3) is 0 Å². The highest BCUT2D eigenvalue weighted by Crippen LogP contribution is 1.25. The number of hydrogen-bond acceptors (Lipinski definition) is 4. The number of hydrogen-bond donors (Lipinski definition) is 5. The second kappa shape index (κ2) is 19.2. The summed E-state index contributed by atoms with van der Waals surface area (Å²) in [6.45, 7) is 0. The first-order valence-corrected chi connectivity index (χ1v) is 0.981. The van der Waals surface area contributed by atoms with Gasteiger partial charge in [0.2, 0.25) is 0 Å². The highest BCUT2D eigenvalue weighted by atomic mass is 17.0. The second-order valence-corrected chi connectivity index (χ2v) is 0.402. The van der Waals surface area contributed by atoms with Crippen LogP contribution in [0.15, 0.2) is 0 Å². The third-order valence-corrected chi connectivity index (χ3v) is 0. The molecule has 0 saturated heterocycles. The minimum atomic E-state index is -0.833. The molecule has 46 valence electrons. The summed E-state index contributed by atoms with van der Waals surface area (Å²) in [5, 5.41) is 12.0. The zero-order chi connectivity index (χ0) is 5.58. The van der Waals surface area contributed by atoms with Gasteiger partial charge in [0, 0.05) is 0 Å². The van der Waals surface area contributed by atoms with E-state index in [4.69, 9.17) is 15.3 Å². The SMILES string of the molecule is N.NC(N)=O.OO. The molecule has 0 spiro atoms. The Morgan fingerprint density at radius 1 is 1.29 bits per heavy atom. The van der Waals surface area contributed by atoms with Gasteiger partial charge in [-0.1, -0.05) is 0 Å². The van der Waals surface area contributed by atoms with Gasteiger partial charge in [-0.25, -0.2) is 4.79 Å². The van der Waals surface area contributed by atoms with Gasteiger partial charge in [0.1, 0.15) is 0 Å². The highest BCUT2D eigenvalue weighted by molar-refractivity contribution is 5.69. The van der Waals surface area contributed by atoms with Gasteiger partial charge in [-0.2, -0.15) is 0 Å². The van der Waals surface area contributed by atoms with E-state index >= 15 is 0 Å². The maximum atomic E-state index is 9.00. The Morgan fingerprint density at radius 3 is 1.29 bits per heavy atom. The van der Waals surface area contributed by atoms with Crippen LogP contribution in [0, 0.1) is 0 Å². The van der Waals surface area contributed by atoms with Crippen LogP contribution in [0.3, 0.4) is 0 Å². The van der Waals surface area contributed by atoms with Crippen molar-refractivity contribution in [3.05, 3.63) is 0 Å². The lowest BCUT2D eigenvalue weighted by molar-refractivity contribution is -0.176. The summed E-state index contributed by atoms with van der Waals surface area (Å²) in [6, 6.07) is -0.833. The van der Waals surface area contributed by atoms with Crippen molar-refractivity contribution in [3.8, 4) is 0 Å². The van der Waals surface area contributed by atoms with E-state index in [0.29, 0.717) is 0 Å². The number of primary amides is 2. The van der Waals surface area contributed by atoms with E-state index in [9.17, 15) is 0 Å². The second-order valence-electron chi connectivity index (χ2n) is 0.402. The summed E-state index contributed by atoms with van der Waals surface area (Å²) in [5.41, 5.74) is 8.50. The average Bonchev–Trinajstić information content (AvgIpc) is 1.41. The molecule has 0 saturated carbocycles. The van der Waals surface area contributed by atoms with Crippen LogP contribution in [-0.2, 0) is 0 Å². The van der Waals surface area contributed by atoms with Gasteiger partial charge in [0.05, 0.1) is 0 Å². The normalized spacial score (nSPS) is 4.29. The predicted molar refractivity (Wildman–Crippen MR) is 24.1 cm³/mol. The summed E-state index contributed by atoms with van der Waals surface area (Å²) in [5.74, 6) is 0. The number of rotatable bonds is 0. The number of carbonyl (C=O) groups excluding carboxylic acids is 1. The average molecular weight is 111 g/mol. The Morgan fingerprint density at radius 2 is 1.29 bits per heavy atom. The molecular weight excluding hydrogens is 102 g/mol. The van der Waals surface area contributed by atoms with Crippen LogP contribution in [0.2, 0.25) is 0 Å². The van der Waals surface area contributed by atoms with Crippen LogP contribution < -0.4 is 17.6 Å². The third kappa shape index (κ3) is 70.7. The summed E-state index contributed by atoms with van der Waals surface area (Å²) >= 11 is 0. The molecule has 0 aliphatic carbocycles. The molecule has 0 fully saturated rings. The molecule has 0 aromatic heterocycles. The van der Waals surface area contributed by atoms with Crippen molar-refractivity contribution in [2.24, 2.45) is 11.5 Å². The van der Waals surface area contributed by atoms with Gasteiger partial charge in [0.15, 0.2) is 0 Å². The Bertz CT molecular complexity index is 33.2. The first-order chi connectivity index (χ1) is 2.73. The first-order valence-electron chi connectivity index (χ1n) is 0.981. The van der Waals surface area contributed by atoms with Crippen molar-refractivity contribution in [2.45, 2.75) is 0 Å². The maximum Gasteiger partial charge on any atom is 0.309 e. The molecule has 0 aliphatic rings. The van der Waals surface area contributed by atoms with E-state index in [1.165, 1.54) is 0 Å². The van der Waals surface area contributed by atoms with Gasteiger partial charge in [-0.3, -0.25) is 10.5 Å². The molecule has 0 aromatic rings. The summed E-state index contributed by atoms with van der Waals surface area (Å²) in [4.78, 5) is 9.00. The van der Waals surface area contributed by atoms with Crippen molar-refractivity contribution in [3.63, 3.8) is 0 Å². The lowest BCUT2D eigenvalue weighted by Gasteiger charge is -1.62.